The molecule has 4 heteroatoms. The molecule has 1 saturated heterocycles. The fourth-order valence-corrected chi connectivity index (χ4v) is 3.05. The number of rotatable bonds is 2. The van der Waals surface area contributed by atoms with E-state index < -0.39 is 0 Å². The maximum atomic E-state index is 5.86. The van der Waals surface area contributed by atoms with Gasteiger partial charge in [-0.15, -0.1) is 0 Å². The molecule has 1 aliphatic heterocycles. The molecule has 1 aromatic carbocycles. The van der Waals surface area contributed by atoms with Crippen molar-refractivity contribution in [1.82, 2.24) is 4.90 Å². The largest absolute Gasteiger partial charge is 0.369 e. The summed E-state index contributed by atoms with van der Waals surface area (Å²) in [6.45, 7) is 11.8. The predicted molar refractivity (Wildman–Crippen MR) is 85.6 cm³/mol. The summed E-state index contributed by atoms with van der Waals surface area (Å²) in [5, 5.41) is 0. The Morgan fingerprint density at radius 2 is 1.79 bits per heavy atom. The molecular formula is C15H24BrN3. The second-order valence-electron chi connectivity index (χ2n) is 6.12. The standard InChI is InChI=1S/C15H24BrN3/c1-15(2,3)19-8-6-18(7-9-19)14-5-4-13(16)10-12(14)11-17/h4-5,10H,6-9,11,17H2,1-3H3. The van der Waals surface area contributed by atoms with Crippen LogP contribution in [0.15, 0.2) is 22.7 Å². The average molecular weight is 326 g/mol. The van der Waals surface area contributed by atoms with Crippen LogP contribution in [0.5, 0.6) is 0 Å². The first kappa shape index (κ1) is 14.8. The van der Waals surface area contributed by atoms with Crippen LogP contribution in [-0.4, -0.2) is 36.6 Å². The van der Waals surface area contributed by atoms with Gasteiger partial charge in [-0.1, -0.05) is 15.9 Å². The van der Waals surface area contributed by atoms with Crippen LogP contribution >= 0.6 is 15.9 Å². The number of piperazine rings is 1. The Hall–Kier alpha value is -0.580. The van der Waals surface area contributed by atoms with E-state index in [1.165, 1.54) is 11.3 Å². The van der Waals surface area contributed by atoms with Gasteiger partial charge in [0.1, 0.15) is 0 Å². The number of benzene rings is 1. The van der Waals surface area contributed by atoms with Crippen LogP contribution in [0.3, 0.4) is 0 Å². The quantitative estimate of drug-likeness (QED) is 0.907. The maximum Gasteiger partial charge on any atom is 0.0413 e. The van der Waals surface area contributed by atoms with E-state index in [9.17, 15) is 0 Å². The molecule has 0 saturated carbocycles. The van der Waals surface area contributed by atoms with Gasteiger partial charge in [-0.2, -0.15) is 0 Å². The summed E-state index contributed by atoms with van der Waals surface area (Å²) in [6, 6.07) is 6.41. The first-order chi connectivity index (χ1) is 8.91. The molecular weight excluding hydrogens is 302 g/mol. The molecule has 1 heterocycles. The lowest BCUT2D eigenvalue weighted by molar-refractivity contribution is 0.128. The highest BCUT2D eigenvalue weighted by molar-refractivity contribution is 9.10. The van der Waals surface area contributed by atoms with Crippen molar-refractivity contribution < 1.29 is 0 Å². The third-order valence-corrected chi connectivity index (χ3v) is 4.32. The molecule has 0 aromatic heterocycles. The summed E-state index contributed by atoms with van der Waals surface area (Å²) in [6.07, 6.45) is 0. The summed E-state index contributed by atoms with van der Waals surface area (Å²) in [4.78, 5) is 5.00. The molecule has 3 nitrogen and oxygen atoms in total. The van der Waals surface area contributed by atoms with E-state index in [1.54, 1.807) is 0 Å². The second kappa shape index (κ2) is 5.81. The fraction of sp³-hybridized carbons (Fsp3) is 0.600. The lowest BCUT2D eigenvalue weighted by Gasteiger charge is -2.43. The van der Waals surface area contributed by atoms with Crippen molar-refractivity contribution in [2.45, 2.75) is 32.9 Å². The Morgan fingerprint density at radius 3 is 2.32 bits per heavy atom. The zero-order valence-electron chi connectivity index (χ0n) is 12.1. The van der Waals surface area contributed by atoms with Gasteiger partial charge in [0, 0.05) is 48.4 Å². The average Bonchev–Trinajstić information content (AvgIpc) is 2.37. The third-order valence-electron chi connectivity index (χ3n) is 3.83. The lowest BCUT2D eigenvalue weighted by Crippen LogP contribution is -2.53. The molecule has 0 atom stereocenters. The van der Waals surface area contributed by atoms with Gasteiger partial charge in [0.05, 0.1) is 0 Å². The molecule has 0 bridgehead atoms. The summed E-state index contributed by atoms with van der Waals surface area (Å²) in [5.41, 5.74) is 8.64. The number of halogens is 1. The van der Waals surface area contributed by atoms with E-state index in [1.807, 2.05) is 0 Å². The van der Waals surface area contributed by atoms with Crippen molar-refractivity contribution in [3.63, 3.8) is 0 Å². The van der Waals surface area contributed by atoms with Crippen molar-refractivity contribution in [3.8, 4) is 0 Å². The lowest BCUT2D eigenvalue weighted by atomic mass is 10.0. The van der Waals surface area contributed by atoms with Crippen molar-refractivity contribution >= 4 is 21.6 Å². The zero-order chi connectivity index (χ0) is 14.0. The molecule has 1 aromatic rings. The molecule has 1 fully saturated rings. The Morgan fingerprint density at radius 1 is 1.16 bits per heavy atom. The van der Waals surface area contributed by atoms with Crippen molar-refractivity contribution in [1.29, 1.82) is 0 Å². The monoisotopic (exact) mass is 325 g/mol. The SMILES string of the molecule is CC(C)(C)N1CCN(c2ccc(Br)cc2CN)CC1. The third kappa shape index (κ3) is 3.50. The van der Waals surface area contributed by atoms with Gasteiger partial charge in [-0.05, 0) is 44.5 Å². The topological polar surface area (TPSA) is 32.5 Å². The Bertz CT molecular complexity index is 432. The minimum Gasteiger partial charge on any atom is -0.369 e. The van der Waals surface area contributed by atoms with Crippen LogP contribution in [0.4, 0.5) is 5.69 Å². The van der Waals surface area contributed by atoms with Crippen molar-refractivity contribution in [2.24, 2.45) is 5.73 Å². The number of nitrogens with two attached hydrogens (primary N) is 1. The number of hydrogen-bond acceptors (Lipinski definition) is 3. The van der Waals surface area contributed by atoms with Gasteiger partial charge in [-0.3, -0.25) is 4.90 Å². The zero-order valence-corrected chi connectivity index (χ0v) is 13.7. The first-order valence-electron chi connectivity index (χ1n) is 6.90. The number of nitrogens with zero attached hydrogens (tertiary/aromatic N) is 2. The van der Waals surface area contributed by atoms with E-state index in [2.05, 4.69) is 64.7 Å². The van der Waals surface area contributed by atoms with Gasteiger partial charge in [-0.25, -0.2) is 0 Å². The molecule has 1 aliphatic rings. The van der Waals surface area contributed by atoms with E-state index in [0.29, 0.717) is 6.54 Å². The smallest absolute Gasteiger partial charge is 0.0413 e. The first-order valence-corrected chi connectivity index (χ1v) is 7.69. The summed E-state index contributed by atoms with van der Waals surface area (Å²) in [7, 11) is 0. The van der Waals surface area contributed by atoms with Crippen LogP contribution in [0, 0.1) is 0 Å². The molecule has 0 radical (unpaired) electrons. The van der Waals surface area contributed by atoms with E-state index in [4.69, 9.17) is 5.73 Å². The molecule has 2 rings (SSSR count). The van der Waals surface area contributed by atoms with Crippen LogP contribution in [0.25, 0.3) is 0 Å². The molecule has 0 amide bonds. The molecule has 106 valence electrons. The van der Waals surface area contributed by atoms with Gasteiger partial charge in [0.25, 0.3) is 0 Å². The highest BCUT2D eigenvalue weighted by Gasteiger charge is 2.26. The predicted octanol–water partition coefficient (Wildman–Crippen LogP) is 2.83. The van der Waals surface area contributed by atoms with Gasteiger partial charge in [0.2, 0.25) is 0 Å². The maximum absolute atomic E-state index is 5.86. The highest BCUT2D eigenvalue weighted by Crippen LogP contribution is 2.26. The Labute approximate surface area is 124 Å². The Kier molecular flexibility index (Phi) is 4.54. The molecule has 2 N–H and O–H groups in total. The van der Waals surface area contributed by atoms with Crippen molar-refractivity contribution in [2.75, 3.05) is 31.1 Å². The summed E-state index contributed by atoms with van der Waals surface area (Å²) in [5.74, 6) is 0. The minimum absolute atomic E-state index is 0.266. The second-order valence-corrected chi connectivity index (χ2v) is 7.04. The highest BCUT2D eigenvalue weighted by atomic mass is 79.9. The van der Waals surface area contributed by atoms with Crippen LogP contribution in [0.1, 0.15) is 26.3 Å². The van der Waals surface area contributed by atoms with Crippen LogP contribution < -0.4 is 10.6 Å². The fourth-order valence-electron chi connectivity index (χ4n) is 2.64. The number of anilines is 1. The minimum atomic E-state index is 0.266. The Balaban J connectivity index is 2.10. The molecule has 0 spiro atoms. The van der Waals surface area contributed by atoms with Crippen LogP contribution in [-0.2, 0) is 6.54 Å². The van der Waals surface area contributed by atoms with Crippen LogP contribution in [0.2, 0.25) is 0 Å². The normalized spacial score (nSPS) is 17.8. The summed E-state index contributed by atoms with van der Waals surface area (Å²) < 4.78 is 1.10. The summed E-state index contributed by atoms with van der Waals surface area (Å²) >= 11 is 3.51. The van der Waals surface area contributed by atoms with E-state index in [0.717, 1.165) is 30.7 Å². The van der Waals surface area contributed by atoms with Gasteiger partial charge in [0.15, 0.2) is 0 Å². The van der Waals surface area contributed by atoms with Crippen molar-refractivity contribution in [3.05, 3.63) is 28.2 Å². The van der Waals surface area contributed by atoms with E-state index >= 15 is 0 Å². The molecule has 0 aliphatic carbocycles. The van der Waals surface area contributed by atoms with E-state index in [-0.39, 0.29) is 5.54 Å². The van der Waals surface area contributed by atoms with Gasteiger partial charge >= 0.3 is 0 Å². The van der Waals surface area contributed by atoms with Gasteiger partial charge < -0.3 is 10.6 Å². The molecule has 0 unspecified atom stereocenters. The number of hydrogen-bond donors (Lipinski definition) is 1. The molecule has 19 heavy (non-hydrogen) atoms.